The van der Waals surface area contributed by atoms with Crippen LogP contribution in [0.3, 0.4) is 0 Å². The van der Waals surface area contributed by atoms with Crippen molar-refractivity contribution in [1.29, 1.82) is 0 Å². The molecular formula is C25H21ClN4O6. The molecule has 0 bridgehead atoms. The maximum absolute atomic E-state index is 13.0. The van der Waals surface area contributed by atoms with E-state index in [1.54, 1.807) is 37.3 Å². The van der Waals surface area contributed by atoms with Gasteiger partial charge in [-0.3, -0.25) is 19.7 Å². The number of methoxy groups -OCH3 is 1. The largest absolute Gasteiger partial charge is 0.507 e. The zero-order valence-electron chi connectivity index (χ0n) is 19.2. The molecule has 3 aromatic rings. The highest BCUT2D eigenvalue weighted by molar-refractivity contribution is 6.31. The van der Waals surface area contributed by atoms with Gasteiger partial charge in [0.05, 0.1) is 17.7 Å². The molecule has 3 N–H and O–H groups in total. The Kier molecular flexibility index (Phi) is 8.37. The second-order valence-electron chi connectivity index (χ2n) is 7.37. The van der Waals surface area contributed by atoms with Gasteiger partial charge in [-0.25, -0.2) is 5.43 Å². The number of ether oxygens (including phenoxy) is 1. The fraction of sp³-hybridized carbons (Fsp3) is 0.0800. The Hall–Kier alpha value is -4.70. The number of aromatic hydroxyl groups is 1. The highest BCUT2D eigenvalue weighted by Gasteiger charge is 2.18. The molecule has 0 radical (unpaired) electrons. The van der Waals surface area contributed by atoms with Crippen LogP contribution in [-0.4, -0.2) is 34.7 Å². The first-order valence-electron chi connectivity index (χ1n) is 10.4. The molecule has 0 aliphatic carbocycles. The number of carbonyl (C=O) groups is 2. The highest BCUT2D eigenvalue weighted by atomic mass is 35.5. The first kappa shape index (κ1) is 25.9. The second-order valence-corrected chi connectivity index (χ2v) is 7.80. The maximum Gasteiger partial charge on any atom is 0.311 e. The van der Waals surface area contributed by atoms with E-state index in [1.165, 1.54) is 49.6 Å². The Morgan fingerprint density at radius 1 is 1.11 bits per heavy atom. The van der Waals surface area contributed by atoms with Crippen molar-refractivity contribution in [2.45, 2.75) is 6.92 Å². The van der Waals surface area contributed by atoms with E-state index in [0.29, 0.717) is 16.1 Å². The molecule has 36 heavy (non-hydrogen) atoms. The quantitative estimate of drug-likeness (QED) is 0.179. The minimum absolute atomic E-state index is 0.0398. The van der Waals surface area contributed by atoms with Crippen LogP contribution >= 0.6 is 11.6 Å². The predicted octanol–water partition coefficient (Wildman–Crippen LogP) is 4.27. The van der Waals surface area contributed by atoms with Crippen LogP contribution in [0, 0.1) is 10.1 Å². The first-order chi connectivity index (χ1) is 17.2. The van der Waals surface area contributed by atoms with Crippen molar-refractivity contribution in [1.82, 2.24) is 10.7 Å². The average Bonchev–Trinajstić information content (AvgIpc) is 2.88. The molecular weight excluding hydrogens is 488 g/mol. The lowest BCUT2D eigenvalue weighted by Crippen LogP contribution is -2.33. The SMILES string of the molecule is COc1ccc(C=C(NC(=O)c2ccccc2)C(=O)N/N=C(\C)c2cc(Cl)ccc2O)cc1[N+](=O)[O-]. The molecule has 0 heterocycles. The Bertz CT molecular complexity index is 1370. The summed E-state index contributed by atoms with van der Waals surface area (Å²) in [5.74, 6) is -1.43. The van der Waals surface area contributed by atoms with Crippen molar-refractivity contribution in [2.75, 3.05) is 7.11 Å². The Morgan fingerprint density at radius 2 is 1.83 bits per heavy atom. The van der Waals surface area contributed by atoms with Gasteiger partial charge in [0.2, 0.25) is 0 Å². The number of benzene rings is 3. The first-order valence-corrected chi connectivity index (χ1v) is 10.8. The van der Waals surface area contributed by atoms with Crippen LogP contribution in [0.1, 0.15) is 28.4 Å². The Morgan fingerprint density at radius 3 is 2.50 bits per heavy atom. The van der Waals surface area contributed by atoms with Crippen LogP contribution in [0.2, 0.25) is 5.02 Å². The summed E-state index contributed by atoms with van der Waals surface area (Å²) in [5, 5.41) is 28.3. The van der Waals surface area contributed by atoms with Crippen molar-refractivity contribution in [3.8, 4) is 11.5 Å². The second kappa shape index (κ2) is 11.6. The van der Waals surface area contributed by atoms with E-state index < -0.39 is 16.7 Å². The van der Waals surface area contributed by atoms with E-state index in [0.717, 1.165) is 0 Å². The average molecular weight is 509 g/mol. The molecule has 0 atom stereocenters. The summed E-state index contributed by atoms with van der Waals surface area (Å²) in [6.07, 6.45) is 1.27. The lowest BCUT2D eigenvalue weighted by Gasteiger charge is -2.11. The molecule has 0 saturated carbocycles. The molecule has 2 amide bonds. The summed E-state index contributed by atoms with van der Waals surface area (Å²) in [6, 6.07) is 16.6. The summed E-state index contributed by atoms with van der Waals surface area (Å²) in [4.78, 5) is 36.5. The molecule has 0 saturated heterocycles. The van der Waals surface area contributed by atoms with Gasteiger partial charge in [-0.2, -0.15) is 5.10 Å². The Labute approximate surface area is 211 Å². The third-order valence-electron chi connectivity index (χ3n) is 4.91. The van der Waals surface area contributed by atoms with Crippen LogP contribution in [0.15, 0.2) is 77.5 Å². The van der Waals surface area contributed by atoms with Crippen molar-refractivity contribution >= 4 is 40.9 Å². The van der Waals surface area contributed by atoms with Crippen LogP contribution < -0.4 is 15.5 Å². The molecule has 3 aromatic carbocycles. The summed E-state index contributed by atoms with van der Waals surface area (Å²) in [5.41, 5.74) is 2.87. The van der Waals surface area contributed by atoms with Crippen LogP contribution in [0.25, 0.3) is 6.08 Å². The number of nitro benzene ring substituents is 1. The zero-order valence-corrected chi connectivity index (χ0v) is 19.9. The number of phenols is 1. The molecule has 0 aliphatic rings. The van der Waals surface area contributed by atoms with Gasteiger partial charge in [0.25, 0.3) is 11.8 Å². The number of nitro groups is 1. The van der Waals surface area contributed by atoms with Gasteiger partial charge < -0.3 is 15.2 Å². The molecule has 0 fully saturated rings. The highest BCUT2D eigenvalue weighted by Crippen LogP contribution is 2.28. The van der Waals surface area contributed by atoms with Gasteiger partial charge in [0, 0.05) is 22.2 Å². The van der Waals surface area contributed by atoms with Crippen molar-refractivity contribution in [2.24, 2.45) is 5.10 Å². The smallest absolute Gasteiger partial charge is 0.311 e. The molecule has 10 nitrogen and oxygen atoms in total. The van der Waals surface area contributed by atoms with Crippen molar-refractivity contribution in [3.05, 3.63) is 104 Å². The summed E-state index contributed by atoms with van der Waals surface area (Å²) < 4.78 is 5.00. The summed E-state index contributed by atoms with van der Waals surface area (Å²) >= 11 is 5.97. The predicted molar refractivity (Wildman–Crippen MR) is 135 cm³/mol. The molecule has 184 valence electrons. The van der Waals surface area contributed by atoms with Gasteiger partial charge in [0.1, 0.15) is 11.4 Å². The van der Waals surface area contributed by atoms with Crippen LogP contribution in [0.4, 0.5) is 5.69 Å². The minimum atomic E-state index is -0.807. The monoisotopic (exact) mass is 508 g/mol. The molecule has 3 rings (SSSR count). The third kappa shape index (κ3) is 6.45. The number of phenolic OH excluding ortho intramolecular Hbond substituents is 1. The van der Waals surface area contributed by atoms with E-state index in [4.69, 9.17) is 16.3 Å². The number of halogens is 1. The number of hydrogen-bond donors (Lipinski definition) is 3. The van der Waals surface area contributed by atoms with Crippen molar-refractivity contribution in [3.63, 3.8) is 0 Å². The van der Waals surface area contributed by atoms with E-state index in [9.17, 15) is 24.8 Å². The number of carbonyl (C=O) groups excluding carboxylic acids is 2. The van der Waals surface area contributed by atoms with E-state index in [1.807, 2.05) is 0 Å². The molecule has 0 aliphatic heterocycles. The number of hydrogen-bond acceptors (Lipinski definition) is 7. The molecule has 0 unspecified atom stereocenters. The van der Waals surface area contributed by atoms with Crippen LogP contribution in [0.5, 0.6) is 11.5 Å². The van der Waals surface area contributed by atoms with E-state index in [2.05, 4.69) is 15.8 Å². The van der Waals surface area contributed by atoms with Crippen LogP contribution in [-0.2, 0) is 4.79 Å². The molecule has 11 heteroatoms. The number of hydrazone groups is 1. The lowest BCUT2D eigenvalue weighted by molar-refractivity contribution is -0.385. The lowest BCUT2D eigenvalue weighted by atomic mass is 10.1. The van der Waals surface area contributed by atoms with Gasteiger partial charge in [-0.15, -0.1) is 0 Å². The van der Waals surface area contributed by atoms with E-state index >= 15 is 0 Å². The standard InChI is InChI=1S/C25H21ClN4O6/c1-15(19-14-18(26)9-10-22(19)31)28-29-25(33)20(27-24(32)17-6-4-3-5-7-17)12-16-8-11-23(36-2)21(13-16)30(34)35/h3-14,31H,1-2H3,(H,27,32)(H,29,33)/b20-12?,28-15+. The van der Waals surface area contributed by atoms with Gasteiger partial charge in [-0.1, -0.05) is 35.9 Å². The van der Waals surface area contributed by atoms with Gasteiger partial charge >= 0.3 is 5.69 Å². The van der Waals surface area contributed by atoms with Gasteiger partial charge in [0.15, 0.2) is 5.75 Å². The van der Waals surface area contributed by atoms with Gasteiger partial charge in [-0.05, 0) is 55.0 Å². The summed E-state index contributed by atoms with van der Waals surface area (Å²) in [6.45, 7) is 1.55. The maximum atomic E-state index is 13.0. The Balaban J connectivity index is 1.95. The number of nitrogens with zero attached hydrogens (tertiary/aromatic N) is 2. The van der Waals surface area contributed by atoms with Crippen molar-refractivity contribution < 1.29 is 24.4 Å². The normalized spacial score (nSPS) is 11.5. The number of rotatable bonds is 8. The minimum Gasteiger partial charge on any atom is -0.507 e. The molecule has 0 aromatic heterocycles. The number of nitrogens with one attached hydrogen (secondary N) is 2. The fourth-order valence-electron chi connectivity index (χ4n) is 3.10. The third-order valence-corrected chi connectivity index (χ3v) is 5.15. The number of amides is 2. The fourth-order valence-corrected chi connectivity index (χ4v) is 3.27. The topological polar surface area (TPSA) is 143 Å². The van der Waals surface area contributed by atoms with E-state index in [-0.39, 0.29) is 34.2 Å². The zero-order chi connectivity index (χ0) is 26.2. The summed E-state index contributed by atoms with van der Waals surface area (Å²) in [7, 11) is 1.30. The molecule has 0 spiro atoms.